The number of sulfonamides is 1. The Balaban J connectivity index is 1.68. The van der Waals surface area contributed by atoms with Crippen LogP contribution in [0.15, 0.2) is 36.7 Å². The van der Waals surface area contributed by atoms with Gasteiger partial charge in [0.25, 0.3) is 0 Å². The van der Waals surface area contributed by atoms with Gasteiger partial charge in [-0.05, 0) is 55.2 Å². The van der Waals surface area contributed by atoms with Gasteiger partial charge in [-0.1, -0.05) is 0 Å². The SMILES string of the molecule is COc1ccc(-c2cc3ncnc(N4CCCC[C@@H]4CNS(C)(=O)=O)c3s2)cc1. The van der Waals surface area contributed by atoms with Gasteiger partial charge in [-0.15, -0.1) is 11.3 Å². The van der Waals surface area contributed by atoms with Crippen LogP contribution in [-0.4, -0.2) is 50.9 Å². The summed E-state index contributed by atoms with van der Waals surface area (Å²) >= 11 is 1.66. The van der Waals surface area contributed by atoms with E-state index in [2.05, 4.69) is 25.7 Å². The first kappa shape index (κ1) is 20.1. The molecular formula is C20H24N4O3S2. The van der Waals surface area contributed by atoms with E-state index in [1.165, 1.54) is 6.26 Å². The molecule has 29 heavy (non-hydrogen) atoms. The van der Waals surface area contributed by atoms with E-state index in [0.29, 0.717) is 6.54 Å². The number of aromatic nitrogens is 2. The number of benzene rings is 1. The third-order valence-corrected chi connectivity index (χ3v) is 7.01. The van der Waals surface area contributed by atoms with Gasteiger partial charge in [-0.2, -0.15) is 0 Å². The Kier molecular flexibility index (Phi) is 5.71. The molecule has 1 atom stereocenters. The summed E-state index contributed by atoms with van der Waals surface area (Å²) < 4.78 is 32.1. The molecule has 0 spiro atoms. The number of ether oxygens (including phenoxy) is 1. The molecule has 0 saturated carbocycles. The van der Waals surface area contributed by atoms with Crippen molar-refractivity contribution in [2.24, 2.45) is 0 Å². The van der Waals surface area contributed by atoms with Crippen molar-refractivity contribution in [1.82, 2.24) is 14.7 Å². The first-order chi connectivity index (χ1) is 13.9. The van der Waals surface area contributed by atoms with Gasteiger partial charge < -0.3 is 9.64 Å². The molecule has 1 aliphatic rings. The molecule has 0 aliphatic carbocycles. The zero-order chi connectivity index (χ0) is 20.4. The zero-order valence-corrected chi connectivity index (χ0v) is 18.1. The first-order valence-electron chi connectivity index (χ1n) is 9.55. The average molecular weight is 433 g/mol. The fraction of sp³-hybridized carbons (Fsp3) is 0.400. The van der Waals surface area contributed by atoms with E-state index in [9.17, 15) is 8.42 Å². The van der Waals surface area contributed by atoms with Crippen molar-refractivity contribution in [2.75, 3.05) is 31.4 Å². The van der Waals surface area contributed by atoms with Gasteiger partial charge in [-0.25, -0.2) is 23.1 Å². The molecule has 0 bridgehead atoms. The number of nitrogens with one attached hydrogen (secondary N) is 1. The molecule has 1 N–H and O–H groups in total. The summed E-state index contributed by atoms with van der Waals surface area (Å²) in [6.45, 7) is 1.25. The number of fused-ring (bicyclic) bond motifs is 1. The molecule has 9 heteroatoms. The van der Waals surface area contributed by atoms with Crippen molar-refractivity contribution >= 4 is 37.4 Å². The predicted octanol–water partition coefficient (Wildman–Crippen LogP) is 3.28. The van der Waals surface area contributed by atoms with Crippen LogP contribution < -0.4 is 14.4 Å². The van der Waals surface area contributed by atoms with Crippen LogP contribution in [0.2, 0.25) is 0 Å². The van der Waals surface area contributed by atoms with Gasteiger partial charge in [-0.3, -0.25) is 0 Å². The van der Waals surface area contributed by atoms with E-state index in [0.717, 1.165) is 58.0 Å². The standard InChI is InChI=1S/C20H24N4O3S2/c1-27-16-8-6-14(7-9-16)18-11-17-19(28-18)20(22-13-21-17)24-10-4-3-5-15(24)12-23-29(2,25)26/h6-9,11,13,15,23H,3-5,10,12H2,1-2H3/t15-/m1/s1. The third-order valence-electron chi connectivity index (χ3n) is 5.15. The van der Waals surface area contributed by atoms with E-state index in [-0.39, 0.29) is 6.04 Å². The molecule has 0 amide bonds. The van der Waals surface area contributed by atoms with Crippen molar-refractivity contribution in [3.05, 3.63) is 36.7 Å². The lowest BCUT2D eigenvalue weighted by atomic mass is 10.0. The Morgan fingerprint density at radius 2 is 2.03 bits per heavy atom. The maximum absolute atomic E-state index is 11.6. The molecule has 4 rings (SSSR count). The number of piperidine rings is 1. The van der Waals surface area contributed by atoms with Crippen LogP contribution in [-0.2, 0) is 10.0 Å². The highest BCUT2D eigenvalue weighted by molar-refractivity contribution is 7.88. The molecule has 0 radical (unpaired) electrons. The number of anilines is 1. The maximum atomic E-state index is 11.6. The minimum absolute atomic E-state index is 0.0862. The second-order valence-electron chi connectivity index (χ2n) is 7.21. The highest BCUT2D eigenvalue weighted by Crippen LogP contribution is 2.38. The summed E-state index contributed by atoms with van der Waals surface area (Å²) in [5.74, 6) is 1.71. The largest absolute Gasteiger partial charge is 0.497 e. The summed E-state index contributed by atoms with van der Waals surface area (Å²) in [6.07, 6.45) is 5.88. The number of hydrogen-bond donors (Lipinski definition) is 1. The van der Waals surface area contributed by atoms with Crippen molar-refractivity contribution in [2.45, 2.75) is 25.3 Å². The van der Waals surface area contributed by atoms with E-state index in [1.54, 1.807) is 24.8 Å². The summed E-state index contributed by atoms with van der Waals surface area (Å²) in [4.78, 5) is 12.4. The van der Waals surface area contributed by atoms with E-state index >= 15 is 0 Å². The molecule has 7 nitrogen and oxygen atoms in total. The minimum atomic E-state index is -3.23. The van der Waals surface area contributed by atoms with Gasteiger partial charge in [0.1, 0.15) is 17.9 Å². The first-order valence-corrected chi connectivity index (χ1v) is 12.3. The van der Waals surface area contributed by atoms with Crippen LogP contribution in [0, 0.1) is 0 Å². The lowest BCUT2D eigenvalue weighted by Gasteiger charge is -2.36. The van der Waals surface area contributed by atoms with Crippen LogP contribution in [0.4, 0.5) is 5.82 Å². The summed E-state index contributed by atoms with van der Waals surface area (Å²) in [7, 11) is -1.57. The smallest absolute Gasteiger partial charge is 0.208 e. The number of thiophene rings is 1. The maximum Gasteiger partial charge on any atom is 0.208 e. The Morgan fingerprint density at radius 1 is 1.24 bits per heavy atom. The molecule has 3 heterocycles. The fourth-order valence-corrected chi connectivity index (χ4v) is 5.30. The van der Waals surface area contributed by atoms with Crippen molar-refractivity contribution < 1.29 is 13.2 Å². The summed E-state index contributed by atoms with van der Waals surface area (Å²) in [5.41, 5.74) is 2.01. The van der Waals surface area contributed by atoms with E-state index in [4.69, 9.17) is 4.74 Å². The summed E-state index contributed by atoms with van der Waals surface area (Å²) in [6, 6.07) is 10.1. The second-order valence-corrected chi connectivity index (χ2v) is 10.1. The molecule has 1 fully saturated rings. The van der Waals surface area contributed by atoms with Gasteiger partial charge in [0.15, 0.2) is 0 Å². The lowest BCUT2D eigenvalue weighted by molar-refractivity contribution is 0.415. The van der Waals surface area contributed by atoms with Crippen LogP contribution in [0.3, 0.4) is 0 Å². The topological polar surface area (TPSA) is 84.4 Å². The second kappa shape index (κ2) is 8.25. The van der Waals surface area contributed by atoms with Crippen molar-refractivity contribution in [3.8, 4) is 16.2 Å². The quantitative estimate of drug-likeness (QED) is 0.644. The predicted molar refractivity (Wildman–Crippen MR) is 117 cm³/mol. The molecule has 1 aliphatic heterocycles. The van der Waals surface area contributed by atoms with Gasteiger partial charge >= 0.3 is 0 Å². The molecule has 3 aromatic rings. The van der Waals surface area contributed by atoms with Gasteiger partial charge in [0.2, 0.25) is 10.0 Å². The van der Waals surface area contributed by atoms with Crippen LogP contribution in [0.1, 0.15) is 19.3 Å². The number of rotatable bonds is 6. The van der Waals surface area contributed by atoms with Crippen molar-refractivity contribution in [3.63, 3.8) is 0 Å². The highest BCUT2D eigenvalue weighted by atomic mass is 32.2. The van der Waals surface area contributed by atoms with Crippen LogP contribution in [0.25, 0.3) is 20.7 Å². The highest BCUT2D eigenvalue weighted by Gasteiger charge is 2.26. The van der Waals surface area contributed by atoms with Crippen LogP contribution in [0.5, 0.6) is 5.75 Å². The Labute approximate surface area is 174 Å². The third kappa shape index (κ3) is 4.52. The van der Waals surface area contributed by atoms with Gasteiger partial charge in [0.05, 0.1) is 23.6 Å². The fourth-order valence-electron chi connectivity index (χ4n) is 3.68. The molecule has 2 aromatic heterocycles. The molecular weight excluding hydrogens is 408 g/mol. The normalized spacial score (nSPS) is 17.6. The lowest BCUT2D eigenvalue weighted by Crippen LogP contribution is -2.47. The average Bonchev–Trinajstić information content (AvgIpc) is 3.16. The molecule has 0 unspecified atom stereocenters. The van der Waals surface area contributed by atoms with Gasteiger partial charge in [0, 0.05) is 24.0 Å². The molecule has 1 aromatic carbocycles. The number of hydrogen-bond acceptors (Lipinski definition) is 7. The van der Waals surface area contributed by atoms with Crippen LogP contribution >= 0.6 is 11.3 Å². The van der Waals surface area contributed by atoms with E-state index < -0.39 is 10.0 Å². The monoisotopic (exact) mass is 432 g/mol. The zero-order valence-electron chi connectivity index (χ0n) is 16.5. The van der Waals surface area contributed by atoms with Crippen molar-refractivity contribution in [1.29, 1.82) is 0 Å². The minimum Gasteiger partial charge on any atom is -0.497 e. The number of methoxy groups -OCH3 is 1. The van der Waals surface area contributed by atoms with E-state index in [1.807, 2.05) is 24.3 Å². The molecule has 1 saturated heterocycles. The molecule has 154 valence electrons. The Hall–Kier alpha value is -2.23. The Morgan fingerprint density at radius 3 is 2.76 bits per heavy atom. The summed E-state index contributed by atoms with van der Waals surface area (Å²) in [5, 5.41) is 0. The number of nitrogens with zero attached hydrogens (tertiary/aromatic N) is 3. The Bertz CT molecular complexity index is 1100.